The summed E-state index contributed by atoms with van der Waals surface area (Å²) < 4.78 is 7.71. The van der Waals surface area contributed by atoms with Crippen molar-refractivity contribution in [3.8, 4) is 0 Å². The third kappa shape index (κ3) is 2.71. The first-order chi connectivity index (χ1) is 10.8. The van der Waals surface area contributed by atoms with Crippen LogP contribution in [0.25, 0.3) is 11.0 Å². The molecule has 0 saturated carbocycles. The predicted octanol–water partition coefficient (Wildman–Crippen LogP) is 4.03. The van der Waals surface area contributed by atoms with E-state index in [1.807, 2.05) is 52.0 Å². The van der Waals surface area contributed by atoms with Crippen LogP contribution in [0.2, 0.25) is 0 Å². The van der Waals surface area contributed by atoms with Gasteiger partial charge in [-0.3, -0.25) is 0 Å². The number of anilines is 1. The Balaban J connectivity index is 2.10. The second-order valence-electron chi connectivity index (χ2n) is 6.88. The number of ether oxygens (including phenoxy) is 1. The molecule has 0 amide bonds. The Morgan fingerprint density at radius 1 is 1.35 bits per heavy atom. The maximum atomic E-state index is 12.7. The van der Waals surface area contributed by atoms with Crippen LogP contribution in [0.4, 0.5) is 5.95 Å². The molecule has 0 fully saturated rings. The Morgan fingerprint density at radius 3 is 2.70 bits per heavy atom. The summed E-state index contributed by atoms with van der Waals surface area (Å²) in [7, 11) is 0. The molecule has 0 spiro atoms. The van der Waals surface area contributed by atoms with Crippen molar-refractivity contribution in [1.82, 2.24) is 9.55 Å². The lowest BCUT2D eigenvalue weighted by atomic mass is 10.00. The number of carbonyl (C=O) groups is 1. The molecule has 0 radical (unpaired) electrons. The molecule has 3 rings (SSSR count). The molecule has 5 heteroatoms. The highest BCUT2D eigenvalue weighted by atomic mass is 16.6. The van der Waals surface area contributed by atoms with E-state index in [4.69, 9.17) is 4.74 Å². The summed E-state index contributed by atoms with van der Waals surface area (Å²) in [6, 6.07) is 7.90. The van der Waals surface area contributed by atoms with Gasteiger partial charge in [0.25, 0.3) is 0 Å². The quantitative estimate of drug-likeness (QED) is 0.851. The van der Waals surface area contributed by atoms with Gasteiger partial charge in [0.2, 0.25) is 5.95 Å². The Bertz CT molecular complexity index is 796. The van der Waals surface area contributed by atoms with E-state index in [2.05, 4.69) is 21.8 Å². The van der Waals surface area contributed by atoms with Gasteiger partial charge >= 0.3 is 5.97 Å². The fourth-order valence-corrected chi connectivity index (χ4v) is 3.07. The zero-order valence-corrected chi connectivity index (χ0v) is 14.3. The molecule has 0 bridgehead atoms. The maximum absolute atomic E-state index is 12.7. The van der Waals surface area contributed by atoms with Gasteiger partial charge in [-0.2, -0.15) is 0 Å². The molecule has 2 aromatic rings. The maximum Gasteiger partial charge on any atom is 0.338 e. The minimum atomic E-state index is -0.514. The van der Waals surface area contributed by atoms with E-state index in [1.165, 1.54) is 0 Å². The summed E-state index contributed by atoms with van der Waals surface area (Å²) in [5.41, 5.74) is 2.93. The van der Waals surface area contributed by atoms with Crippen LogP contribution in [0.15, 0.2) is 35.5 Å². The van der Waals surface area contributed by atoms with Crippen LogP contribution in [0.5, 0.6) is 0 Å². The first-order valence-electron chi connectivity index (χ1n) is 8.00. The Morgan fingerprint density at radius 2 is 2.04 bits per heavy atom. The van der Waals surface area contributed by atoms with Crippen molar-refractivity contribution in [1.29, 1.82) is 0 Å². The molecule has 1 atom stereocenters. The number of fused-ring (bicyclic) bond motifs is 3. The van der Waals surface area contributed by atoms with E-state index in [1.54, 1.807) is 0 Å². The zero-order chi connectivity index (χ0) is 16.8. The van der Waals surface area contributed by atoms with Crippen LogP contribution < -0.4 is 5.32 Å². The third-order valence-electron chi connectivity index (χ3n) is 3.95. The number of allylic oxidation sites excluding steroid dienone is 1. The molecular weight excluding hydrogens is 290 g/mol. The van der Waals surface area contributed by atoms with Gasteiger partial charge in [0.15, 0.2) is 0 Å². The van der Waals surface area contributed by atoms with Gasteiger partial charge in [0.05, 0.1) is 22.6 Å². The number of carbonyl (C=O) groups excluding carboxylic acids is 1. The highest BCUT2D eigenvalue weighted by Crippen LogP contribution is 2.37. The Labute approximate surface area is 136 Å². The number of nitrogens with one attached hydrogen (secondary N) is 1. The number of para-hydroxylation sites is 2. The van der Waals surface area contributed by atoms with Crippen LogP contribution in [-0.4, -0.2) is 21.1 Å². The molecule has 1 N–H and O–H groups in total. The first-order valence-corrected chi connectivity index (χ1v) is 8.00. The average molecular weight is 313 g/mol. The number of aromatic nitrogens is 2. The molecule has 0 saturated heterocycles. The second-order valence-corrected chi connectivity index (χ2v) is 6.88. The predicted molar refractivity (Wildman–Crippen MR) is 91.2 cm³/mol. The van der Waals surface area contributed by atoms with Crippen LogP contribution in [0.1, 0.15) is 47.1 Å². The van der Waals surface area contributed by atoms with E-state index in [-0.39, 0.29) is 12.0 Å². The molecule has 1 aliphatic heterocycles. The van der Waals surface area contributed by atoms with Gasteiger partial charge in [-0.1, -0.05) is 19.1 Å². The van der Waals surface area contributed by atoms with Crippen molar-refractivity contribution in [3.63, 3.8) is 0 Å². The van der Waals surface area contributed by atoms with E-state index in [0.29, 0.717) is 5.57 Å². The molecule has 2 heterocycles. The summed E-state index contributed by atoms with van der Waals surface area (Å²) in [5.74, 6) is 0.514. The summed E-state index contributed by atoms with van der Waals surface area (Å²) >= 11 is 0. The lowest BCUT2D eigenvalue weighted by Gasteiger charge is -2.31. The van der Waals surface area contributed by atoms with Crippen LogP contribution >= 0.6 is 0 Å². The molecule has 1 aliphatic rings. The minimum absolute atomic E-state index is 0.0755. The Kier molecular flexibility index (Phi) is 3.66. The summed E-state index contributed by atoms with van der Waals surface area (Å²) in [4.78, 5) is 17.3. The smallest absolute Gasteiger partial charge is 0.338 e. The monoisotopic (exact) mass is 313 g/mol. The van der Waals surface area contributed by atoms with E-state index >= 15 is 0 Å². The van der Waals surface area contributed by atoms with Gasteiger partial charge in [0, 0.05) is 5.70 Å². The molecule has 1 unspecified atom stereocenters. The Hall–Kier alpha value is -2.30. The van der Waals surface area contributed by atoms with Gasteiger partial charge in [-0.15, -0.1) is 0 Å². The normalized spacial score (nSPS) is 17.9. The second kappa shape index (κ2) is 5.41. The van der Waals surface area contributed by atoms with Crippen molar-refractivity contribution in [2.45, 2.75) is 52.7 Å². The number of hydrogen-bond donors (Lipinski definition) is 1. The zero-order valence-electron chi connectivity index (χ0n) is 14.3. The lowest BCUT2D eigenvalue weighted by molar-refractivity contribution is -0.150. The highest BCUT2D eigenvalue weighted by Gasteiger charge is 2.34. The first kappa shape index (κ1) is 15.6. The van der Waals surface area contributed by atoms with Gasteiger partial charge < -0.3 is 14.6 Å². The highest BCUT2D eigenvalue weighted by molar-refractivity contribution is 5.93. The van der Waals surface area contributed by atoms with E-state index in [0.717, 1.165) is 29.1 Å². The van der Waals surface area contributed by atoms with Crippen molar-refractivity contribution < 1.29 is 9.53 Å². The molecular formula is C18H23N3O2. The van der Waals surface area contributed by atoms with Crippen molar-refractivity contribution in [2.75, 3.05) is 5.32 Å². The SMILES string of the molecule is CCC1C(C(=O)OC(C)(C)C)=C(C)Nc2nc3ccccc3n21. The number of imidazole rings is 1. The summed E-state index contributed by atoms with van der Waals surface area (Å²) in [6.45, 7) is 9.64. The number of nitrogens with zero attached hydrogens (tertiary/aromatic N) is 2. The van der Waals surface area contributed by atoms with Gasteiger partial charge in [-0.05, 0) is 46.2 Å². The van der Waals surface area contributed by atoms with Crippen molar-refractivity contribution in [3.05, 3.63) is 35.5 Å². The fourth-order valence-electron chi connectivity index (χ4n) is 3.07. The summed E-state index contributed by atoms with van der Waals surface area (Å²) in [6.07, 6.45) is 0.793. The molecule has 5 nitrogen and oxygen atoms in total. The fraction of sp³-hybridized carbons (Fsp3) is 0.444. The molecule has 23 heavy (non-hydrogen) atoms. The average Bonchev–Trinajstić information content (AvgIpc) is 2.81. The number of benzene rings is 1. The van der Waals surface area contributed by atoms with Crippen LogP contribution in [-0.2, 0) is 9.53 Å². The van der Waals surface area contributed by atoms with Crippen LogP contribution in [0.3, 0.4) is 0 Å². The van der Waals surface area contributed by atoms with Crippen molar-refractivity contribution in [2.24, 2.45) is 0 Å². The summed E-state index contributed by atoms with van der Waals surface area (Å²) in [5, 5.41) is 3.26. The molecule has 122 valence electrons. The molecule has 0 aliphatic carbocycles. The number of rotatable bonds is 2. The van der Waals surface area contributed by atoms with Gasteiger partial charge in [0.1, 0.15) is 5.60 Å². The van der Waals surface area contributed by atoms with Crippen molar-refractivity contribution >= 4 is 23.0 Å². The van der Waals surface area contributed by atoms with Crippen LogP contribution in [0, 0.1) is 0 Å². The van der Waals surface area contributed by atoms with Gasteiger partial charge in [-0.25, -0.2) is 9.78 Å². The topological polar surface area (TPSA) is 56.1 Å². The minimum Gasteiger partial charge on any atom is -0.457 e. The van der Waals surface area contributed by atoms with E-state index in [9.17, 15) is 4.79 Å². The molecule has 1 aromatic carbocycles. The largest absolute Gasteiger partial charge is 0.457 e. The lowest BCUT2D eigenvalue weighted by Crippen LogP contribution is -2.32. The van der Waals surface area contributed by atoms with E-state index < -0.39 is 5.60 Å². The number of esters is 1. The standard InChI is InChI=1S/C18H23N3O2/c1-6-13-15(16(22)23-18(3,4)5)11(2)19-17-20-12-9-7-8-10-14(12)21(13)17/h7-10,13H,6H2,1-5H3,(H,19,20). The molecule has 1 aromatic heterocycles. The number of hydrogen-bond acceptors (Lipinski definition) is 4. The third-order valence-corrected chi connectivity index (χ3v) is 3.95.